The Hall–Kier alpha value is -1.58. The molecule has 128 valence electrons. The first-order valence-electron chi connectivity index (χ1n) is 7.23. The van der Waals surface area contributed by atoms with Gasteiger partial charge in [-0.05, 0) is 24.4 Å². The van der Waals surface area contributed by atoms with Gasteiger partial charge in [0.05, 0.1) is 24.5 Å². The molecule has 1 aliphatic heterocycles. The maximum absolute atomic E-state index is 12.8. The standard InChI is InChI=1S/C14H19F3N4OS/c15-14(16,17)11-3-1-2-4-12(11)19-20-13(23)18-5-6-21-7-9-22-10-8-21/h1-4,19H,5-10H2,(H2,18,20,23). The molecule has 0 aliphatic carbocycles. The molecule has 1 aliphatic rings. The maximum Gasteiger partial charge on any atom is 0.418 e. The summed E-state index contributed by atoms with van der Waals surface area (Å²) < 4.78 is 43.8. The van der Waals surface area contributed by atoms with Crippen molar-refractivity contribution < 1.29 is 17.9 Å². The molecular weight excluding hydrogens is 329 g/mol. The van der Waals surface area contributed by atoms with Gasteiger partial charge in [0.15, 0.2) is 5.11 Å². The van der Waals surface area contributed by atoms with Gasteiger partial charge in [-0.15, -0.1) is 0 Å². The Kier molecular flexibility index (Phi) is 6.43. The molecule has 0 atom stereocenters. The van der Waals surface area contributed by atoms with Gasteiger partial charge in [-0.2, -0.15) is 13.2 Å². The van der Waals surface area contributed by atoms with Crippen molar-refractivity contribution in [2.45, 2.75) is 6.18 Å². The fourth-order valence-electron chi connectivity index (χ4n) is 2.16. The van der Waals surface area contributed by atoms with Crippen molar-refractivity contribution >= 4 is 23.0 Å². The van der Waals surface area contributed by atoms with Gasteiger partial charge in [-0.1, -0.05) is 12.1 Å². The third kappa shape index (κ3) is 5.85. The molecule has 1 aromatic rings. The summed E-state index contributed by atoms with van der Waals surface area (Å²) in [6.45, 7) is 4.59. The van der Waals surface area contributed by atoms with E-state index in [4.69, 9.17) is 17.0 Å². The quantitative estimate of drug-likeness (QED) is 0.558. The average molecular weight is 348 g/mol. The molecule has 9 heteroatoms. The number of morpholine rings is 1. The monoisotopic (exact) mass is 348 g/mol. The molecule has 3 N–H and O–H groups in total. The summed E-state index contributed by atoms with van der Waals surface area (Å²) in [5.74, 6) is 0. The Balaban J connectivity index is 1.74. The molecule has 1 saturated heterocycles. The molecule has 0 unspecified atom stereocenters. The Labute approximate surface area is 138 Å². The number of anilines is 1. The summed E-state index contributed by atoms with van der Waals surface area (Å²) in [6, 6.07) is 5.21. The van der Waals surface area contributed by atoms with E-state index in [-0.39, 0.29) is 10.8 Å². The minimum Gasteiger partial charge on any atom is -0.379 e. The normalized spacial score (nSPS) is 16.0. The number of rotatable bonds is 5. The highest BCUT2D eigenvalue weighted by Crippen LogP contribution is 2.34. The first-order valence-corrected chi connectivity index (χ1v) is 7.64. The van der Waals surface area contributed by atoms with E-state index >= 15 is 0 Å². The van der Waals surface area contributed by atoms with Crippen LogP contribution in [0.3, 0.4) is 0 Å². The second-order valence-corrected chi connectivity index (χ2v) is 5.41. The molecular formula is C14H19F3N4OS. The van der Waals surface area contributed by atoms with Crippen LogP contribution in [0, 0.1) is 0 Å². The fourth-order valence-corrected chi connectivity index (χ4v) is 2.31. The summed E-state index contributed by atoms with van der Waals surface area (Å²) in [7, 11) is 0. The SMILES string of the molecule is FC(F)(F)c1ccccc1NNC(=S)NCCN1CCOCC1. The van der Waals surface area contributed by atoms with Crippen LogP contribution in [0.5, 0.6) is 0 Å². The summed E-state index contributed by atoms with van der Waals surface area (Å²) in [4.78, 5) is 2.23. The van der Waals surface area contributed by atoms with Crippen LogP contribution in [0.4, 0.5) is 18.9 Å². The van der Waals surface area contributed by atoms with Crippen LogP contribution < -0.4 is 16.2 Å². The van der Waals surface area contributed by atoms with E-state index in [1.807, 2.05) is 0 Å². The van der Waals surface area contributed by atoms with Gasteiger partial charge in [-0.25, -0.2) is 0 Å². The molecule has 0 spiro atoms. The lowest BCUT2D eigenvalue weighted by molar-refractivity contribution is -0.137. The number of thiocarbonyl (C=S) groups is 1. The number of hydrogen-bond acceptors (Lipinski definition) is 4. The zero-order valence-electron chi connectivity index (χ0n) is 12.4. The predicted octanol–water partition coefficient (Wildman–Crippen LogP) is 1.83. The number of alkyl halides is 3. The molecule has 1 aromatic carbocycles. The van der Waals surface area contributed by atoms with E-state index in [1.165, 1.54) is 18.2 Å². The number of nitrogens with zero attached hydrogens (tertiary/aromatic N) is 1. The summed E-state index contributed by atoms with van der Waals surface area (Å²) in [5.41, 5.74) is 4.26. The van der Waals surface area contributed by atoms with Gasteiger partial charge < -0.3 is 10.1 Å². The van der Waals surface area contributed by atoms with Crippen molar-refractivity contribution in [2.24, 2.45) is 0 Å². The number of benzene rings is 1. The van der Waals surface area contributed by atoms with Crippen molar-refractivity contribution in [1.29, 1.82) is 0 Å². The van der Waals surface area contributed by atoms with Gasteiger partial charge in [0.25, 0.3) is 0 Å². The Bertz CT molecular complexity index is 521. The number of halogens is 3. The van der Waals surface area contributed by atoms with Crippen LogP contribution in [0.25, 0.3) is 0 Å². The second kappa shape index (κ2) is 8.32. The molecule has 2 rings (SSSR count). The molecule has 0 saturated carbocycles. The van der Waals surface area contributed by atoms with Crippen molar-refractivity contribution in [3.8, 4) is 0 Å². The highest BCUT2D eigenvalue weighted by molar-refractivity contribution is 7.80. The van der Waals surface area contributed by atoms with Gasteiger partial charge >= 0.3 is 6.18 Å². The minimum absolute atomic E-state index is 0.0719. The van der Waals surface area contributed by atoms with E-state index < -0.39 is 11.7 Å². The first-order chi connectivity index (χ1) is 11.0. The van der Waals surface area contributed by atoms with Crippen LogP contribution in [-0.2, 0) is 10.9 Å². The Morgan fingerprint density at radius 3 is 2.61 bits per heavy atom. The van der Waals surface area contributed by atoms with E-state index in [1.54, 1.807) is 0 Å². The second-order valence-electron chi connectivity index (χ2n) is 5.00. The lowest BCUT2D eigenvalue weighted by Crippen LogP contribution is -2.44. The van der Waals surface area contributed by atoms with Gasteiger partial charge in [0, 0.05) is 26.2 Å². The lowest BCUT2D eigenvalue weighted by atomic mass is 10.2. The Morgan fingerprint density at radius 1 is 1.22 bits per heavy atom. The highest BCUT2D eigenvalue weighted by Gasteiger charge is 2.33. The van der Waals surface area contributed by atoms with Crippen LogP contribution in [-0.4, -0.2) is 49.4 Å². The zero-order valence-corrected chi connectivity index (χ0v) is 13.3. The summed E-state index contributed by atoms with van der Waals surface area (Å²) in [6.07, 6.45) is -4.42. The number of nitrogens with one attached hydrogen (secondary N) is 3. The number of ether oxygens (including phenoxy) is 1. The van der Waals surface area contributed by atoms with E-state index in [2.05, 4.69) is 21.1 Å². The molecule has 23 heavy (non-hydrogen) atoms. The molecule has 0 aromatic heterocycles. The molecule has 0 amide bonds. The van der Waals surface area contributed by atoms with Gasteiger partial charge in [0.2, 0.25) is 0 Å². The fraction of sp³-hybridized carbons (Fsp3) is 0.500. The number of para-hydroxylation sites is 1. The molecule has 0 bridgehead atoms. The van der Waals surface area contributed by atoms with Crippen molar-refractivity contribution in [3.05, 3.63) is 29.8 Å². The van der Waals surface area contributed by atoms with Crippen molar-refractivity contribution in [3.63, 3.8) is 0 Å². The van der Waals surface area contributed by atoms with Crippen molar-refractivity contribution in [1.82, 2.24) is 15.6 Å². The van der Waals surface area contributed by atoms with Crippen LogP contribution in [0.1, 0.15) is 5.56 Å². The third-order valence-corrected chi connectivity index (χ3v) is 3.61. The van der Waals surface area contributed by atoms with Crippen LogP contribution in [0.15, 0.2) is 24.3 Å². The largest absolute Gasteiger partial charge is 0.418 e. The predicted molar refractivity (Wildman–Crippen MR) is 86.1 cm³/mol. The van der Waals surface area contributed by atoms with Crippen LogP contribution in [0.2, 0.25) is 0 Å². The lowest BCUT2D eigenvalue weighted by Gasteiger charge is -2.26. The third-order valence-electron chi connectivity index (χ3n) is 3.36. The van der Waals surface area contributed by atoms with E-state index in [0.29, 0.717) is 6.54 Å². The average Bonchev–Trinajstić information content (AvgIpc) is 2.53. The highest BCUT2D eigenvalue weighted by atomic mass is 32.1. The van der Waals surface area contributed by atoms with Gasteiger partial charge in [-0.3, -0.25) is 15.8 Å². The van der Waals surface area contributed by atoms with E-state index in [0.717, 1.165) is 38.9 Å². The van der Waals surface area contributed by atoms with Gasteiger partial charge in [0.1, 0.15) is 0 Å². The molecule has 1 heterocycles. The van der Waals surface area contributed by atoms with E-state index in [9.17, 15) is 13.2 Å². The maximum atomic E-state index is 12.8. The van der Waals surface area contributed by atoms with Crippen LogP contribution >= 0.6 is 12.2 Å². The minimum atomic E-state index is -4.42. The molecule has 0 radical (unpaired) electrons. The first kappa shape index (κ1) is 17.8. The smallest absolute Gasteiger partial charge is 0.379 e. The summed E-state index contributed by atoms with van der Waals surface area (Å²) in [5, 5.41) is 3.20. The number of hydrazine groups is 1. The summed E-state index contributed by atoms with van der Waals surface area (Å²) >= 11 is 5.05. The Morgan fingerprint density at radius 2 is 1.91 bits per heavy atom. The van der Waals surface area contributed by atoms with Crippen molar-refractivity contribution in [2.75, 3.05) is 44.8 Å². The zero-order chi connectivity index (χ0) is 16.7. The number of hydrogen-bond donors (Lipinski definition) is 3. The topological polar surface area (TPSA) is 48.6 Å². The molecule has 1 fully saturated rings. The molecule has 5 nitrogen and oxygen atoms in total.